The second-order valence-corrected chi connectivity index (χ2v) is 4.96. The maximum Gasteiger partial charge on any atom is 0.274 e. The lowest BCUT2D eigenvalue weighted by Crippen LogP contribution is -2.02. The molecule has 21 heavy (non-hydrogen) atoms. The molecule has 0 fully saturated rings. The van der Waals surface area contributed by atoms with Gasteiger partial charge in [0, 0.05) is 35.6 Å². The maximum absolute atomic E-state index is 10.9. The first-order valence-corrected chi connectivity index (χ1v) is 6.69. The van der Waals surface area contributed by atoms with Crippen molar-refractivity contribution >= 4 is 22.3 Å². The first-order valence-electron chi connectivity index (χ1n) is 6.69. The zero-order valence-electron chi connectivity index (χ0n) is 11.6. The summed E-state index contributed by atoms with van der Waals surface area (Å²) in [5, 5.41) is 15.4. The number of hydrogen-bond donors (Lipinski definition) is 2. The Morgan fingerprint density at radius 2 is 2.10 bits per heavy atom. The fourth-order valence-corrected chi connectivity index (χ4v) is 2.41. The molecule has 106 valence electrons. The number of fused-ring (bicyclic) bond motifs is 1. The second-order valence-electron chi connectivity index (χ2n) is 4.96. The van der Waals surface area contributed by atoms with Gasteiger partial charge in [0.1, 0.15) is 0 Å². The average molecular weight is 281 g/mol. The Labute approximate surface area is 121 Å². The van der Waals surface area contributed by atoms with Crippen molar-refractivity contribution in [1.29, 1.82) is 0 Å². The minimum atomic E-state index is -0.356. The van der Waals surface area contributed by atoms with Gasteiger partial charge in [-0.2, -0.15) is 0 Å². The van der Waals surface area contributed by atoms with Gasteiger partial charge in [-0.15, -0.1) is 0 Å². The fourth-order valence-electron chi connectivity index (χ4n) is 2.41. The average Bonchev–Trinajstić information content (AvgIpc) is 2.93. The summed E-state index contributed by atoms with van der Waals surface area (Å²) in [7, 11) is 0. The molecule has 2 N–H and O–H groups in total. The minimum absolute atomic E-state index is 0.139. The van der Waals surface area contributed by atoms with Crippen LogP contribution in [0.5, 0.6) is 0 Å². The number of nitrogens with zero attached hydrogens (tertiary/aromatic N) is 1. The van der Waals surface area contributed by atoms with Crippen LogP contribution in [-0.4, -0.2) is 9.91 Å². The molecular weight excluding hydrogens is 266 g/mol. The molecule has 0 unspecified atom stereocenters. The molecule has 0 spiro atoms. The van der Waals surface area contributed by atoms with E-state index >= 15 is 0 Å². The summed E-state index contributed by atoms with van der Waals surface area (Å²) in [6, 6.07) is 13.3. The van der Waals surface area contributed by atoms with Gasteiger partial charge in [0.2, 0.25) is 0 Å². The molecular formula is C16H15N3O2. The molecule has 2 aromatic carbocycles. The van der Waals surface area contributed by atoms with Crippen LogP contribution in [0.25, 0.3) is 10.9 Å². The molecule has 0 radical (unpaired) electrons. The number of aromatic nitrogens is 1. The van der Waals surface area contributed by atoms with Gasteiger partial charge in [-0.25, -0.2) is 0 Å². The molecule has 0 amide bonds. The first-order chi connectivity index (χ1) is 10.1. The molecule has 3 rings (SSSR count). The molecule has 0 atom stereocenters. The van der Waals surface area contributed by atoms with Crippen molar-refractivity contribution in [2.45, 2.75) is 13.5 Å². The van der Waals surface area contributed by atoms with Crippen LogP contribution in [0.15, 0.2) is 48.7 Å². The quantitative estimate of drug-likeness (QED) is 0.561. The number of benzene rings is 2. The normalized spacial score (nSPS) is 10.7. The van der Waals surface area contributed by atoms with E-state index in [0.29, 0.717) is 12.1 Å². The summed E-state index contributed by atoms with van der Waals surface area (Å²) >= 11 is 0. The Hall–Kier alpha value is -2.82. The van der Waals surface area contributed by atoms with Crippen LogP contribution >= 0.6 is 0 Å². The van der Waals surface area contributed by atoms with Crippen molar-refractivity contribution in [1.82, 2.24) is 4.98 Å². The number of nitro benzene ring substituents is 1. The highest BCUT2D eigenvalue weighted by Crippen LogP contribution is 2.25. The second kappa shape index (κ2) is 5.28. The third kappa shape index (κ3) is 2.58. The minimum Gasteiger partial charge on any atom is -0.381 e. The maximum atomic E-state index is 10.9. The summed E-state index contributed by atoms with van der Waals surface area (Å²) in [5.74, 6) is 0. The molecule has 5 heteroatoms. The van der Waals surface area contributed by atoms with Crippen LogP contribution < -0.4 is 5.32 Å². The molecule has 0 bridgehead atoms. The molecule has 0 aliphatic carbocycles. The van der Waals surface area contributed by atoms with Crippen LogP contribution in [0.4, 0.5) is 11.4 Å². The lowest BCUT2D eigenvalue weighted by molar-refractivity contribution is -0.385. The van der Waals surface area contributed by atoms with Gasteiger partial charge in [0.15, 0.2) is 0 Å². The van der Waals surface area contributed by atoms with Crippen LogP contribution in [-0.2, 0) is 6.54 Å². The van der Waals surface area contributed by atoms with E-state index in [0.717, 1.165) is 16.8 Å². The van der Waals surface area contributed by atoms with Crippen molar-refractivity contribution in [2.24, 2.45) is 0 Å². The van der Waals surface area contributed by atoms with Gasteiger partial charge in [-0.3, -0.25) is 10.1 Å². The SMILES string of the molecule is Cc1c(NCc2ccc3cc[nH]c3c2)cccc1[N+](=O)[O-]. The molecule has 5 nitrogen and oxygen atoms in total. The monoisotopic (exact) mass is 281 g/mol. The van der Waals surface area contributed by atoms with Gasteiger partial charge in [-0.05, 0) is 36.1 Å². The van der Waals surface area contributed by atoms with Crippen LogP contribution in [0, 0.1) is 17.0 Å². The summed E-state index contributed by atoms with van der Waals surface area (Å²) in [6.45, 7) is 2.38. The fraction of sp³-hybridized carbons (Fsp3) is 0.125. The van der Waals surface area contributed by atoms with Crippen LogP contribution in [0.2, 0.25) is 0 Å². The Morgan fingerprint density at radius 1 is 1.24 bits per heavy atom. The third-order valence-electron chi connectivity index (χ3n) is 3.60. The number of hydrogen-bond acceptors (Lipinski definition) is 3. The number of nitro groups is 1. The van der Waals surface area contributed by atoms with Gasteiger partial charge >= 0.3 is 0 Å². The molecule has 1 heterocycles. The van der Waals surface area contributed by atoms with E-state index in [1.54, 1.807) is 13.0 Å². The number of aromatic amines is 1. The van der Waals surface area contributed by atoms with E-state index < -0.39 is 0 Å². The predicted octanol–water partition coefficient (Wildman–Crippen LogP) is 4.00. The van der Waals surface area contributed by atoms with Crippen molar-refractivity contribution in [2.75, 3.05) is 5.32 Å². The molecule has 3 aromatic rings. The van der Waals surface area contributed by atoms with E-state index in [2.05, 4.69) is 28.5 Å². The third-order valence-corrected chi connectivity index (χ3v) is 3.60. The van der Waals surface area contributed by atoms with Crippen molar-refractivity contribution in [3.05, 3.63) is 69.9 Å². The summed E-state index contributed by atoms with van der Waals surface area (Å²) in [5.41, 5.74) is 3.79. The topological polar surface area (TPSA) is 71.0 Å². The van der Waals surface area contributed by atoms with E-state index in [4.69, 9.17) is 0 Å². The van der Waals surface area contributed by atoms with E-state index in [1.807, 2.05) is 18.3 Å². The van der Waals surface area contributed by atoms with E-state index in [9.17, 15) is 10.1 Å². The summed E-state index contributed by atoms with van der Waals surface area (Å²) in [6.07, 6.45) is 1.91. The standard InChI is InChI=1S/C16H15N3O2/c1-11-14(3-2-4-16(11)19(20)21)18-10-12-5-6-13-7-8-17-15(13)9-12/h2-9,17-18H,10H2,1H3. The van der Waals surface area contributed by atoms with Gasteiger partial charge < -0.3 is 10.3 Å². The highest BCUT2D eigenvalue weighted by molar-refractivity contribution is 5.79. The molecule has 0 aliphatic heterocycles. The Kier molecular flexibility index (Phi) is 3.31. The molecule has 0 aliphatic rings. The summed E-state index contributed by atoms with van der Waals surface area (Å²) in [4.78, 5) is 13.8. The highest BCUT2D eigenvalue weighted by Gasteiger charge is 2.12. The molecule has 0 saturated heterocycles. The van der Waals surface area contributed by atoms with Gasteiger partial charge in [-0.1, -0.05) is 18.2 Å². The number of rotatable bonds is 4. The van der Waals surface area contributed by atoms with Crippen molar-refractivity contribution < 1.29 is 4.92 Å². The van der Waals surface area contributed by atoms with Crippen LogP contribution in [0.3, 0.4) is 0 Å². The number of anilines is 1. The Balaban J connectivity index is 1.81. The molecule has 0 saturated carbocycles. The van der Waals surface area contributed by atoms with E-state index in [1.165, 1.54) is 11.5 Å². The smallest absolute Gasteiger partial charge is 0.274 e. The lowest BCUT2D eigenvalue weighted by Gasteiger charge is -2.10. The van der Waals surface area contributed by atoms with E-state index in [-0.39, 0.29) is 10.6 Å². The van der Waals surface area contributed by atoms with Gasteiger partial charge in [0.05, 0.1) is 4.92 Å². The van der Waals surface area contributed by atoms with Crippen LogP contribution in [0.1, 0.15) is 11.1 Å². The predicted molar refractivity (Wildman–Crippen MR) is 83.5 cm³/mol. The lowest BCUT2D eigenvalue weighted by atomic mass is 10.1. The summed E-state index contributed by atoms with van der Waals surface area (Å²) < 4.78 is 0. The van der Waals surface area contributed by atoms with Crippen molar-refractivity contribution in [3.63, 3.8) is 0 Å². The van der Waals surface area contributed by atoms with Gasteiger partial charge in [0.25, 0.3) is 5.69 Å². The zero-order chi connectivity index (χ0) is 14.8. The number of nitrogens with one attached hydrogen (secondary N) is 2. The zero-order valence-corrected chi connectivity index (χ0v) is 11.6. The van der Waals surface area contributed by atoms with Crippen molar-refractivity contribution in [3.8, 4) is 0 Å². The largest absolute Gasteiger partial charge is 0.381 e. The number of H-pyrrole nitrogens is 1. The molecule has 1 aromatic heterocycles. The highest BCUT2D eigenvalue weighted by atomic mass is 16.6. The Bertz CT molecular complexity index is 808. The first kappa shape index (κ1) is 13.2. The Morgan fingerprint density at radius 3 is 2.90 bits per heavy atom.